The molecule has 0 saturated heterocycles. The van der Waals surface area contributed by atoms with Crippen molar-refractivity contribution in [1.29, 1.82) is 0 Å². The highest BCUT2D eigenvalue weighted by Crippen LogP contribution is 2.34. The first kappa shape index (κ1) is 16.1. The SMILES string of the molecule is CC(=O)Nc1cccc2c1N(C(=O)COc1ccccc1)CCC2. The number of hydrogen-bond acceptors (Lipinski definition) is 3. The third-order valence-electron chi connectivity index (χ3n) is 3.93. The predicted octanol–water partition coefficient (Wildman–Crippen LogP) is 3.00. The molecule has 2 aromatic rings. The molecule has 1 aliphatic rings. The van der Waals surface area contributed by atoms with E-state index < -0.39 is 0 Å². The number of rotatable bonds is 4. The molecule has 2 amide bonds. The Morgan fingerprint density at radius 3 is 2.67 bits per heavy atom. The van der Waals surface area contributed by atoms with Gasteiger partial charge in [0.2, 0.25) is 5.91 Å². The number of benzene rings is 2. The molecular weight excluding hydrogens is 304 g/mol. The molecule has 24 heavy (non-hydrogen) atoms. The molecule has 1 heterocycles. The van der Waals surface area contributed by atoms with E-state index in [1.807, 2.05) is 48.5 Å². The average molecular weight is 324 g/mol. The van der Waals surface area contributed by atoms with Gasteiger partial charge < -0.3 is 15.0 Å². The number of aryl methyl sites for hydroxylation is 1. The van der Waals surface area contributed by atoms with E-state index in [9.17, 15) is 9.59 Å². The van der Waals surface area contributed by atoms with Crippen LogP contribution < -0.4 is 15.0 Å². The smallest absolute Gasteiger partial charge is 0.264 e. The molecule has 124 valence electrons. The van der Waals surface area contributed by atoms with Crippen LogP contribution in [0.1, 0.15) is 18.9 Å². The Kier molecular flexibility index (Phi) is 4.79. The largest absolute Gasteiger partial charge is 0.484 e. The Labute approximate surface area is 141 Å². The molecule has 0 unspecified atom stereocenters. The third kappa shape index (κ3) is 3.56. The summed E-state index contributed by atoms with van der Waals surface area (Å²) in [7, 11) is 0. The molecular formula is C19H20N2O3. The maximum Gasteiger partial charge on any atom is 0.264 e. The summed E-state index contributed by atoms with van der Waals surface area (Å²) in [6, 6.07) is 15.0. The van der Waals surface area contributed by atoms with Crippen molar-refractivity contribution in [3.63, 3.8) is 0 Å². The van der Waals surface area contributed by atoms with Gasteiger partial charge in [0.1, 0.15) is 5.75 Å². The monoisotopic (exact) mass is 324 g/mol. The zero-order chi connectivity index (χ0) is 16.9. The molecule has 1 N–H and O–H groups in total. The molecule has 0 fully saturated rings. The number of hydrogen-bond donors (Lipinski definition) is 1. The third-order valence-corrected chi connectivity index (χ3v) is 3.93. The molecule has 0 atom stereocenters. The fourth-order valence-corrected chi connectivity index (χ4v) is 2.93. The lowest BCUT2D eigenvalue weighted by molar-refractivity contribution is -0.120. The number of nitrogens with zero attached hydrogens (tertiary/aromatic N) is 1. The van der Waals surface area contributed by atoms with E-state index in [0.29, 0.717) is 18.0 Å². The van der Waals surface area contributed by atoms with Crippen LogP contribution in [-0.2, 0) is 16.0 Å². The average Bonchev–Trinajstić information content (AvgIpc) is 2.60. The summed E-state index contributed by atoms with van der Waals surface area (Å²) in [4.78, 5) is 25.8. The number of nitrogens with one attached hydrogen (secondary N) is 1. The van der Waals surface area contributed by atoms with E-state index in [2.05, 4.69) is 5.32 Å². The lowest BCUT2D eigenvalue weighted by atomic mass is 10.00. The second-order valence-electron chi connectivity index (χ2n) is 5.75. The Bertz CT molecular complexity index is 744. The van der Waals surface area contributed by atoms with E-state index in [4.69, 9.17) is 4.74 Å². The Hall–Kier alpha value is -2.82. The fraction of sp³-hybridized carbons (Fsp3) is 0.263. The van der Waals surface area contributed by atoms with Crippen LogP contribution in [0.3, 0.4) is 0 Å². The lowest BCUT2D eigenvalue weighted by Crippen LogP contribution is -2.39. The second kappa shape index (κ2) is 7.17. The normalized spacial score (nSPS) is 13.1. The number of fused-ring (bicyclic) bond motifs is 1. The van der Waals surface area contributed by atoms with Crippen molar-refractivity contribution < 1.29 is 14.3 Å². The van der Waals surface area contributed by atoms with Crippen LogP contribution >= 0.6 is 0 Å². The molecule has 5 heteroatoms. The van der Waals surface area contributed by atoms with Crippen molar-refractivity contribution in [2.24, 2.45) is 0 Å². The molecule has 0 spiro atoms. The molecule has 0 saturated carbocycles. The Morgan fingerprint density at radius 1 is 1.12 bits per heavy atom. The Morgan fingerprint density at radius 2 is 1.92 bits per heavy atom. The molecule has 0 aliphatic carbocycles. The van der Waals surface area contributed by atoms with Gasteiger partial charge in [0.15, 0.2) is 6.61 Å². The van der Waals surface area contributed by atoms with Gasteiger partial charge in [-0.25, -0.2) is 0 Å². The Balaban J connectivity index is 1.80. The maximum atomic E-state index is 12.7. The van der Waals surface area contributed by atoms with E-state index in [1.54, 1.807) is 4.90 Å². The quantitative estimate of drug-likeness (QED) is 0.940. The van der Waals surface area contributed by atoms with E-state index in [0.717, 1.165) is 24.1 Å². The molecule has 1 aliphatic heterocycles. The lowest BCUT2D eigenvalue weighted by Gasteiger charge is -2.31. The first-order valence-electron chi connectivity index (χ1n) is 8.03. The van der Waals surface area contributed by atoms with Crippen LogP contribution in [0.15, 0.2) is 48.5 Å². The maximum absolute atomic E-state index is 12.7. The minimum Gasteiger partial charge on any atom is -0.484 e. The van der Waals surface area contributed by atoms with Crippen LogP contribution in [0.4, 0.5) is 11.4 Å². The standard InChI is InChI=1S/C19H20N2O3/c1-14(22)20-17-11-5-7-15-8-6-12-21(19(15)17)18(23)13-24-16-9-3-2-4-10-16/h2-5,7,9-11H,6,8,12-13H2,1H3,(H,20,22). The molecule has 3 rings (SSSR count). The first-order chi connectivity index (χ1) is 11.6. The van der Waals surface area contributed by atoms with Crippen LogP contribution in [-0.4, -0.2) is 25.0 Å². The molecule has 2 aromatic carbocycles. The number of anilines is 2. The molecule has 0 radical (unpaired) electrons. The number of carbonyl (C=O) groups is 2. The van der Waals surface area contributed by atoms with Crippen LogP contribution in [0.2, 0.25) is 0 Å². The molecule has 5 nitrogen and oxygen atoms in total. The van der Waals surface area contributed by atoms with Gasteiger partial charge in [-0.1, -0.05) is 30.3 Å². The summed E-state index contributed by atoms with van der Waals surface area (Å²) in [5, 5.41) is 2.82. The van der Waals surface area contributed by atoms with Gasteiger partial charge in [-0.3, -0.25) is 9.59 Å². The highest BCUT2D eigenvalue weighted by Gasteiger charge is 2.25. The number of carbonyl (C=O) groups excluding carboxylic acids is 2. The summed E-state index contributed by atoms with van der Waals surface area (Å²) in [6.07, 6.45) is 1.79. The van der Waals surface area contributed by atoms with Crippen molar-refractivity contribution in [1.82, 2.24) is 0 Å². The first-order valence-corrected chi connectivity index (χ1v) is 8.03. The van der Waals surface area contributed by atoms with Crippen molar-refractivity contribution in [3.8, 4) is 5.75 Å². The van der Waals surface area contributed by atoms with Crippen molar-refractivity contribution in [2.45, 2.75) is 19.8 Å². The summed E-state index contributed by atoms with van der Waals surface area (Å²) in [6.45, 7) is 2.06. The van der Waals surface area contributed by atoms with E-state index in [-0.39, 0.29) is 18.4 Å². The minimum absolute atomic E-state index is 0.0299. The zero-order valence-electron chi connectivity index (χ0n) is 13.6. The fourth-order valence-electron chi connectivity index (χ4n) is 2.93. The number of para-hydroxylation sites is 2. The minimum atomic E-state index is -0.151. The van der Waals surface area contributed by atoms with Crippen LogP contribution in [0.5, 0.6) is 5.75 Å². The van der Waals surface area contributed by atoms with Gasteiger partial charge >= 0.3 is 0 Å². The van der Waals surface area contributed by atoms with E-state index in [1.165, 1.54) is 6.92 Å². The van der Waals surface area contributed by atoms with Crippen LogP contribution in [0.25, 0.3) is 0 Å². The number of ether oxygens (including phenoxy) is 1. The predicted molar refractivity (Wildman–Crippen MR) is 93.4 cm³/mol. The van der Waals surface area contributed by atoms with Gasteiger partial charge in [-0.15, -0.1) is 0 Å². The summed E-state index contributed by atoms with van der Waals surface area (Å²) in [5.74, 6) is 0.401. The van der Waals surface area contributed by atoms with Gasteiger partial charge in [0, 0.05) is 13.5 Å². The molecule has 0 aromatic heterocycles. The van der Waals surface area contributed by atoms with Crippen molar-refractivity contribution in [3.05, 3.63) is 54.1 Å². The highest BCUT2D eigenvalue weighted by atomic mass is 16.5. The van der Waals surface area contributed by atoms with E-state index >= 15 is 0 Å². The van der Waals surface area contributed by atoms with Gasteiger partial charge in [0.05, 0.1) is 11.4 Å². The van der Waals surface area contributed by atoms with Crippen LogP contribution in [0, 0.1) is 0 Å². The van der Waals surface area contributed by atoms with Gasteiger partial charge in [0.25, 0.3) is 5.91 Å². The number of amides is 2. The van der Waals surface area contributed by atoms with Crippen molar-refractivity contribution >= 4 is 23.2 Å². The summed E-state index contributed by atoms with van der Waals surface area (Å²) in [5.41, 5.74) is 2.54. The zero-order valence-corrected chi connectivity index (χ0v) is 13.6. The highest BCUT2D eigenvalue weighted by molar-refractivity contribution is 6.02. The topological polar surface area (TPSA) is 58.6 Å². The summed E-state index contributed by atoms with van der Waals surface area (Å²) < 4.78 is 5.58. The summed E-state index contributed by atoms with van der Waals surface area (Å²) >= 11 is 0. The van der Waals surface area contributed by atoms with Gasteiger partial charge in [-0.05, 0) is 36.6 Å². The van der Waals surface area contributed by atoms with Gasteiger partial charge in [-0.2, -0.15) is 0 Å². The second-order valence-corrected chi connectivity index (χ2v) is 5.75. The molecule has 0 bridgehead atoms. The van der Waals surface area contributed by atoms with Crippen molar-refractivity contribution in [2.75, 3.05) is 23.4 Å².